The second kappa shape index (κ2) is 6.20. The Hall–Kier alpha value is -2.07. The lowest BCUT2D eigenvalue weighted by atomic mass is 10.1. The van der Waals surface area contributed by atoms with Gasteiger partial charge in [-0.1, -0.05) is 12.1 Å². The van der Waals surface area contributed by atoms with Crippen molar-refractivity contribution in [1.29, 1.82) is 0 Å². The van der Waals surface area contributed by atoms with Gasteiger partial charge in [0.25, 0.3) is 0 Å². The van der Waals surface area contributed by atoms with Crippen LogP contribution in [0, 0.1) is 0 Å². The number of aromatic carboxylic acids is 1. The molecule has 100 valence electrons. The Bertz CT molecular complexity index is 534. The first-order valence-corrected chi connectivity index (χ1v) is 6.23. The van der Waals surface area contributed by atoms with Crippen molar-refractivity contribution in [2.45, 2.75) is 25.9 Å². The van der Waals surface area contributed by atoms with Gasteiger partial charge in [-0.3, -0.25) is 0 Å². The Morgan fingerprint density at radius 2 is 2.21 bits per heavy atom. The molecule has 0 saturated heterocycles. The molecule has 0 aliphatic carbocycles. The highest BCUT2D eigenvalue weighted by Crippen LogP contribution is 2.07. The minimum atomic E-state index is -0.898. The number of nitrogens with one attached hydrogen (secondary N) is 1. The number of carboxylic acid groups (broad SMARTS) is 1. The Morgan fingerprint density at radius 1 is 1.37 bits per heavy atom. The second-order valence-corrected chi connectivity index (χ2v) is 4.57. The number of carboxylic acids is 1. The van der Waals surface area contributed by atoms with Gasteiger partial charge in [-0.2, -0.15) is 0 Å². The molecule has 1 unspecified atom stereocenters. The topological polar surface area (TPSA) is 62.5 Å². The summed E-state index contributed by atoms with van der Waals surface area (Å²) in [5.74, 6) is 0.0461. The van der Waals surface area contributed by atoms with E-state index in [0.717, 1.165) is 17.7 Å². The molecule has 0 amide bonds. The fourth-order valence-corrected chi connectivity index (χ4v) is 1.91. The zero-order chi connectivity index (χ0) is 13.7. The SMILES string of the molecule is CC(Cc1ccco1)NCc1cccc(C(=O)O)c1. The van der Waals surface area contributed by atoms with Crippen LogP contribution in [-0.4, -0.2) is 17.1 Å². The van der Waals surface area contributed by atoms with Crippen molar-refractivity contribution in [3.8, 4) is 0 Å². The minimum Gasteiger partial charge on any atom is -0.478 e. The summed E-state index contributed by atoms with van der Waals surface area (Å²) in [5.41, 5.74) is 1.28. The fourth-order valence-electron chi connectivity index (χ4n) is 1.91. The number of carbonyl (C=O) groups is 1. The molecular formula is C15H17NO3. The van der Waals surface area contributed by atoms with Gasteiger partial charge >= 0.3 is 5.97 Å². The van der Waals surface area contributed by atoms with E-state index < -0.39 is 5.97 Å². The first kappa shape index (κ1) is 13.4. The first-order valence-electron chi connectivity index (χ1n) is 6.23. The van der Waals surface area contributed by atoms with Crippen LogP contribution in [0.25, 0.3) is 0 Å². The van der Waals surface area contributed by atoms with Crippen LogP contribution in [-0.2, 0) is 13.0 Å². The van der Waals surface area contributed by atoms with Crippen LogP contribution in [0.1, 0.15) is 28.6 Å². The molecule has 4 nitrogen and oxygen atoms in total. The summed E-state index contributed by atoms with van der Waals surface area (Å²) >= 11 is 0. The van der Waals surface area contributed by atoms with Crippen molar-refractivity contribution >= 4 is 5.97 Å². The number of rotatable bonds is 6. The summed E-state index contributed by atoms with van der Waals surface area (Å²) in [6, 6.07) is 11.0. The van der Waals surface area contributed by atoms with Gasteiger partial charge in [0.1, 0.15) is 5.76 Å². The monoisotopic (exact) mass is 259 g/mol. The summed E-state index contributed by atoms with van der Waals surface area (Å²) in [6.07, 6.45) is 2.48. The van der Waals surface area contributed by atoms with E-state index in [0.29, 0.717) is 12.1 Å². The Balaban J connectivity index is 1.88. The Morgan fingerprint density at radius 3 is 2.89 bits per heavy atom. The zero-order valence-corrected chi connectivity index (χ0v) is 10.8. The van der Waals surface area contributed by atoms with Crippen molar-refractivity contribution in [2.75, 3.05) is 0 Å². The molecular weight excluding hydrogens is 242 g/mol. The van der Waals surface area contributed by atoms with Gasteiger partial charge in [0.15, 0.2) is 0 Å². The van der Waals surface area contributed by atoms with Gasteiger partial charge < -0.3 is 14.8 Å². The quantitative estimate of drug-likeness (QED) is 0.837. The largest absolute Gasteiger partial charge is 0.478 e. The third-order valence-electron chi connectivity index (χ3n) is 2.92. The summed E-state index contributed by atoms with van der Waals surface area (Å²) in [4.78, 5) is 10.9. The molecule has 0 radical (unpaired) electrons. The molecule has 2 aromatic rings. The number of furan rings is 1. The highest BCUT2D eigenvalue weighted by Gasteiger charge is 2.07. The fraction of sp³-hybridized carbons (Fsp3) is 0.267. The summed E-state index contributed by atoms with van der Waals surface area (Å²) in [7, 11) is 0. The van der Waals surface area contributed by atoms with Crippen LogP contribution in [0.2, 0.25) is 0 Å². The third-order valence-corrected chi connectivity index (χ3v) is 2.92. The molecule has 0 fully saturated rings. The normalized spacial score (nSPS) is 12.3. The maximum atomic E-state index is 10.9. The number of hydrogen-bond donors (Lipinski definition) is 2. The average Bonchev–Trinajstić information content (AvgIpc) is 2.89. The van der Waals surface area contributed by atoms with E-state index >= 15 is 0 Å². The predicted octanol–water partition coefficient (Wildman–Crippen LogP) is 2.70. The molecule has 0 saturated carbocycles. The minimum absolute atomic E-state index is 0.264. The second-order valence-electron chi connectivity index (χ2n) is 4.57. The lowest BCUT2D eigenvalue weighted by Crippen LogP contribution is -2.27. The molecule has 1 aromatic carbocycles. The molecule has 0 aliphatic heterocycles. The molecule has 0 aliphatic rings. The van der Waals surface area contributed by atoms with Crippen LogP contribution in [0.15, 0.2) is 47.1 Å². The van der Waals surface area contributed by atoms with Crippen molar-refractivity contribution in [3.05, 3.63) is 59.5 Å². The van der Waals surface area contributed by atoms with E-state index in [1.165, 1.54) is 0 Å². The van der Waals surface area contributed by atoms with Crippen LogP contribution in [0.3, 0.4) is 0 Å². The summed E-state index contributed by atoms with van der Waals surface area (Å²) in [5, 5.41) is 12.3. The number of hydrogen-bond acceptors (Lipinski definition) is 3. The molecule has 0 bridgehead atoms. The van der Waals surface area contributed by atoms with Gasteiger partial charge in [0, 0.05) is 19.0 Å². The van der Waals surface area contributed by atoms with Crippen LogP contribution < -0.4 is 5.32 Å². The van der Waals surface area contributed by atoms with Gasteiger partial charge in [-0.05, 0) is 36.8 Å². The zero-order valence-electron chi connectivity index (χ0n) is 10.8. The van der Waals surface area contributed by atoms with E-state index in [2.05, 4.69) is 12.2 Å². The van der Waals surface area contributed by atoms with Crippen molar-refractivity contribution in [2.24, 2.45) is 0 Å². The number of benzene rings is 1. The maximum absolute atomic E-state index is 10.9. The molecule has 1 aromatic heterocycles. The lowest BCUT2D eigenvalue weighted by Gasteiger charge is -2.12. The van der Waals surface area contributed by atoms with Crippen LogP contribution >= 0.6 is 0 Å². The Kier molecular flexibility index (Phi) is 4.36. The smallest absolute Gasteiger partial charge is 0.335 e. The molecule has 4 heteroatoms. The highest BCUT2D eigenvalue weighted by atomic mass is 16.4. The summed E-state index contributed by atoms with van der Waals surface area (Å²) < 4.78 is 5.29. The van der Waals surface area contributed by atoms with Gasteiger partial charge in [-0.15, -0.1) is 0 Å². The van der Waals surface area contributed by atoms with E-state index in [1.54, 1.807) is 24.5 Å². The van der Waals surface area contributed by atoms with Crippen LogP contribution in [0.4, 0.5) is 0 Å². The van der Waals surface area contributed by atoms with Crippen molar-refractivity contribution in [3.63, 3.8) is 0 Å². The highest BCUT2D eigenvalue weighted by molar-refractivity contribution is 5.87. The molecule has 19 heavy (non-hydrogen) atoms. The standard InChI is InChI=1S/C15H17NO3/c1-11(8-14-6-3-7-19-14)16-10-12-4-2-5-13(9-12)15(17)18/h2-7,9,11,16H,8,10H2,1H3,(H,17,18). The van der Waals surface area contributed by atoms with Gasteiger partial charge in [0.2, 0.25) is 0 Å². The third kappa shape index (κ3) is 3.96. The average molecular weight is 259 g/mol. The van der Waals surface area contributed by atoms with E-state index in [-0.39, 0.29) is 6.04 Å². The maximum Gasteiger partial charge on any atom is 0.335 e. The molecule has 0 spiro atoms. The lowest BCUT2D eigenvalue weighted by molar-refractivity contribution is 0.0696. The van der Waals surface area contributed by atoms with E-state index in [4.69, 9.17) is 9.52 Å². The van der Waals surface area contributed by atoms with Crippen molar-refractivity contribution < 1.29 is 14.3 Å². The Labute approximate surface area is 112 Å². The molecule has 1 atom stereocenters. The van der Waals surface area contributed by atoms with Gasteiger partial charge in [-0.25, -0.2) is 4.79 Å². The first-order chi connectivity index (χ1) is 9.15. The van der Waals surface area contributed by atoms with Crippen LogP contribution in [0.5, 0.6) is 0 Å². The molecule has 1 heterocycles. The molecule has 2 rings (SSSR count). The van der Waals surface area contributed by atoms with Crippen molar-refractivity contribution in [1.82, 2.24) is 5.32 Å². The van der Waals surface area contributed by atoms with Gasteiger partial charge in [0.05, 0.1) is 11.8 Å². The molecule has 2 N–H and O–H groups in total. The van der Waals surface area contributed by atoms with E-state index in [9.17, 15) is 4.79 Å². The summed E-state index contributed by atoms with van der Waals surface area (Å²) in [6.45, 7) is 2.71. The predicted molar refractivity (Wildman–Crippen MR) is 72.1 cm³/mol. The van der Waals surface area contributed by atoms with E-state index in [1.807, 2.05) is 18.2 Å².